The molecule has 0 aliphatic carbocycles. The number of ether oxygens (including phenoxy) is 1. The van der Waals surface area contributed by atoms with Crippen LogP contribution in [0.4, 0.5) is 0 Å². The monoisotopic (exact) mass is 514 g/mol. The smallest absolute Gasteiger partial charge is 0.243 e. The lowest BCUT2D eigenvalue weighted by Gasteiger charge is -2.32. The summed E-state index contributed by atoms with van der Waals surface area (Å²) in [6.45, 7) is 7.38. The van der Waals surface area contributed by atoms with Gasteiger partial charge < -0.3 is 15.0 Å². The highest BCUT2D eigenvalue weighted by Crippen LogP contribution is 2.20. The maximum absolute atomic E-state index is 13.8. The normalized spacial score (nSPS) is 11.7. The molecule has 0 aliphatic heterocycles. The summed E-state index contributed by atoms with van der Waals surface area (Å²) in [5.74, 6) is 1.05. The van der Waals surface area contributed by atoms with Crippen LogP contribution in [-0.4, -0.2) is 36.4 Å². The summed E-state index contributed by atoms with van der Waals surface area (Å²) in [7, 11) is 1.63. The zero-order chi connectivity index (χ0) is 27.3. The van der Waals surface area contributed by atoms with Crippen molar-refractivity contribution in [3.63, 3.8) is 0 Å². The van der Waals surface area contributed by atoms with Crippen LogP contribution in [0.25, 0.3) is 0 Å². The van der Waals surface area contributed by atoms with Gasteiger partial charge >= 0.3 is 0 Å². The molecule has 0 radical (unpaired) electrons. The van der Waals surface area contributed by atoms with Gasteiger partial charge in [0.1, 0.15) is 11.8 Å². The Morgan fingerprint density at radius 2 is 1.61 bits per heavy atom. The predicted octanol–water partition coefficient (Wildman–Crippen LogP) is 6.31. The molecule has 0 saturated carbocycles. The molecule has 0 heterocycles. The van der Waals surface area contributed by atoms with E-state index >= 15 is 0 Å². The van der Waals surface area contributed by atoms with Crippen LogP contribution in [0.3, 0.4) is 0 Å². The Balaban J connectivity index is 1.88. The van der Waals surface area contributed by atoms with Gasteiger partial charge in [-0.1, -0.05) is 93.9 Å². The van der Waals surface area contributed by atoms with Gasteiger partial charge in [0.05, 0.1) is 7.11 Å². The Labute approximate surface area is 228 Å². The highest BCUT2D eigenvalue weighted by atomic mass is 16.5. The van der Waals surface area contributed by atoms with E-state index in [0.29, 0.717) is 38.3 Å². The minimum atomic E-state index is -0.615. The van der Waals surface area contributed by atoms with Crippen molar-refractivity contribution in [2.75, 3.05) is 13.7 Å². The van der Waals surface area contributed by atoms with Crippen LogP contribution in [0, 0.1) is 0 Å². The average molecular weight is 515 g/mol. The summed E-state index contributed by atoms with van der Waals surface area (Å²) in [5.41, 5.74) is 4.36. The van der Waals surface area contributed by atoms with Gasteiger partial charge in [-0.15, -0.1) is 0 Å². The maximum atomic E-state index is 13.8. The number of benzene rings is 3. The Morgan fingerprint density at radius 1 is 0.895 bits per heavy atom. The summed E-state index contributed by atoms with van der Waals surface area (Å²) in [5, 5.41) is 3.08. The predicted molar refractivity (Wildman–Crippen MR) is 154 cm³/mol. The van der Waals surface area contributed by atoms with Crippen LogP contribution in [-0.2, 0) is 29.0 Å². The highest BCUT2D eigenvalue weighted by Gasteiger charge is 2.30. The first-order valence-electron chi connectivity index (χ1n) is 13.7. The van der Waals surface area contributed by atoms with E-state index in [-0.39, 0.29) is 11.8 Å². The first kappa shape index (κ1) is 29.0. The molecule has 5 nitrogen and oxygen atoms in total. The molecule has 0 fully saturated rings. The second-order valence-corrected chi connectivity index (χ2v) is 10.1. The van der Waals surface area contributed by atoms with Crippen molar-refractivity contribution in [2.45, 2.75) is 71.4 Å². The van der Waals surface area contributed by atoms with Crippen LogP contribution in [0.15, 0.2) is 78.9 Å². The lowest BCUT2D eigenvalue weighted by Crippen LogP contribution is -2.50. The van der Waals surface area contributed by atoms with Crippen LogP contribution < -0.4 is 10.1 Å². The summed E-state index contributed by atoms with van der Waals surface area (Å²) in [4.78, 5) is 29.1. The third kappa shape index (κ3) is 8.76. The number of carbonyl (C=O) groups is 2. The van der Waals surface area contributed by atoms with E-state index in [0.717, 1.165) is 35.3 Å². The molecular formula is C33H42N2O3. The van der Waals surface area contributed by atoms with Crippen molar-refractivity contribution < 1.29 is 14.3 Å². The number of aryl methyl sites for hydroxylation is 1. The molecule has 3 aromatic carbocycles. The standard InChI is InChI=1S/C33H42N2O3/c1-5-6-21-34-33(37)31(23-27-11-8-7-9-12-27)35(24-28-13-10-14-30(22-28)38-4)32(36)20-17-26-15-18-29(19-16-26)25(2)3/h7-16,18-19,22,25,31H,5-6,17,20-21,23-24H2,1-4H3,(H,34,37)/t31-/m0/s1. The number of carbonyl (C=O) groups excluding carboxylic acids is 2. The van der Waals surface area contributed by atoms with E-state index in [1.807, 2.05) is 54.6 Å². The summed E-state index contributed by atoms with van der Waals surface area (Å²) >= 11 is 0. The van der Waals surface area contributed by atoms with E-state index in [1.54, 1.807) is 12.0 Å². The maximum Gasteiger partial charge on any atom is 0.243 e. The number of unbranched alkanes of at least 4 members (excludes halogenated alkanes) is 1. The summed E-state index contributed by atoms with van der Waals surface area (Å²) < 4.78 is 5.41. The third-order valence-electron chi connectivity index (χ3n) is 6.86. The molecule has 1 N–H and O–H groups in total. The fourth-order valence-corrected chi connectivity index (χ4v) is 4.49. The van der Waals surface area contributed by atoms with E-state index in [9.17, 15) is 9.59 Å². The lowest BCUT2D eigenvalue weighted by atomic mass is 9.99. The van der Waals surface area contributed by atoms with Crippen molar-refractivity contribution in [3.8, 4) is 5.75 Å². The number of methoxy groups -OCH3 is 1. The van der Waals surface area contributed by atoms with Gasteiger partial charge in [-0.25, -0.2) is 0 Å². The topological polar surface area (TPSA) is 58.6 Å². The molecule has 0 aliphatic rings. The third-order valence-corrected chi connectivity index (χ3v) is 6.86. The fourth-order valence-electron chi connectivity index (χ4n) is 4.49. The van der Waals surface area contributed by atoms with Crippen molar-refractivity contribution >= 4 is 11.8 Å². The zero-order valence-corrected chi connectivity index (χ0v) is 23.3. The zero-order valence-electron chi connectivity index (χ0n) is 23.3. The SMILES string of the molecule is CCCCNC(=O)[C@H](Cc1ccccc1)N(Cc1cccc(OC)c1)C(=O)CCc1ccc(C(C)C)cc1. The van der Waals surface area contributed by atoms with Crippen molar-refractivity contribution in [2.24, 2.45) is 0 Å². The first-order valence-corrected chi connectivity index (χ1v) is 13.7. The molecular weight excluding hydrogens is 472 g/mol. The molecule has 0 spiro atoms. The van der Waals surface area contributed by atoms with Gasteiger partial charge in [-0.3, -0.25) is 9.59 Å². The van der Waals surface area contributed by atoms with Crippen LogP contribution in [0.1, 0.15) is 68.2 Å². The second-order valence-electron chi connectivity index (χ2n) is 10.1. The molecule has 5 heteroatoms. The van der Waals surface area contributed by atoms with Gasteiger partial charge in [0.2, 0.25) is 11.8 Å². The van der Waals surface area contributed by atoms with Crippen molar-refractivity contribution in [1.82, 2.24) is 10.2 Å². The molecule has 0 bridgehead atoms. The van der Waals surface area contributed by atoms with Gasteiger partial charge in [-0.2, -0.15) is 0 Å². The highest BCUT2D eigenvalue weighted by molar-refractivity contribution is 5.88. The van der Waals surface area contributed by atoms with Crippen LogP contribution in [0.5, 0.6) is 5.75 Å². The largest absolute Gasteiger partial charge is 0.497 e. The molecule has 202 valence electrons. The molecule has 3 aromatic rings. The van der Waals surface area contributed by atoms with Gasteiger partial charge in [0, 0.05) is 25.9 Å². The minimum absolute atomic E-state index is 0.0349. The van der Waals surface area contributed by atoms with Gasteiger partial charge in [-0.05, 0) is 53.1 Å². The van der Waals surface area contributed by atoms with Crippen molar-refractivity contribution in [1.29, 1.82) is 0 Å². The molecule has 1 atom stereocenters. The van der Waals surface area contributed by atoms with Crippen molar-refractivity contribution in [3.05, 3.63) is 101 Å². The number of nitrogens with zero attached hydrogens (tertiary/aromatic N) is 1. The van der Waals surface area contributed by atoms with Gasteiger partial charge in [0.25, 0.3) is 0 Å². The Morgan fingerprint density at radius 3 is 2.26 bits per heavy atom. The van der Waals surface area contributed by atoms with Gasteiger partial charge in [0.15, 0.2) is 0 Å². The number of amides is 2. The fraction of sp³-hybridized carbons (Fsp3) is 0.394. The lowest BCUT2D eigenvalue weighted by molar-refractivity contribution is -0.141. The minimum Gasteiger partial charge on any atom is -0.497 e. The molecule has 0 saturated heterocycles. The van der Waals surface area contributed by atoms with E-state index in [1.165, 1.54) is 5.56 Å². The molecule has 0 aromatic heterocycles. The number of hydrogen-bond donors (Lipinski definition) is 1. The Kier molecular flexibility index (Phi) is 11.4. The molecule has 38 heavy (non-hydrogen) atoms. The van der Waals surface area contributed by atoms with Crippen LogP contribution in [0.2, 0.25) is 0 Å². The quantitative estimate of drug-likeness (QED) is 0.257. The number of nitrogens with one attached hydrogen (secondary N) is 1. The average Bonchev–Trinajstić information content (AvgIpc) is 2.94. The van der Waals surface area contributed by atoms with E-state index < -0.39 is 6.04 Å². The van der Waals surface area contributed by atoms with E-state index in [4.69, 9.17) is 4.74 Å². The number of rotatable bonds is 14. The first-order chi connectivity index (χ1) is 18.4. The number of hydrogen-bond acceptors (Lipinski definition) is 3. The summed E-state index contributed by atoms with van der Waals surface area (Å²) in [6, 6.07) is 25.5. The Hall–Kier alpha value is -3.60. The van der Waals surface area contributed by atoms with E-state index in [2.05, 4.69) is 50.4 Å². The summed E-state index contributed by atoms with van der Waals surface area (Å²) in [6.07, 6.45) is 3.31. The molecule has 2 amide bonds. The second kappa shape index (κ2) is 15.0. The molecule has 0 unspecified atom stereocenters. The molecule has 3 rings (SSSR count). The Bertz CT molecular complexity index is 1140. The van der Waals surface area contributed by atoms with Crippen LogP contribution >= 0.6 is 0 Å².